The molecule has 1 N–H and O–H groups in total. The van der Waals surface area contributed by atoms with Gasteiger partial charge in [-0.25, -0.2) is 4.98 Å². The molecule has 0 bridgehead atoms. The molecule has 0 aliphatic carbocycles. The number of benzene rings is 1. The van der Waals surface area contributed by atoms with Gasteiger partial charge in [0, 0.05) is 29.4 Å². The third-order valence-corrected chi connectivity index (χ3v) is 4.30. The average molecular weight is 382 g/mol. The topological polar surface area (TPSA) is 92.8 Å². The summed E-state index contributed by atoms with van der Waals surface area (Å²) in [6.07, 6.45) is 3.29. The van der Waals surface area contributed by atoms with Crippen LogP contribution in [-0.2, 0) is 0 Å². The SMILES string of the molecule is CC(CCNc1ccc2ccc(Cl)cc2n1)C1([N+](=O)[O-])N=CC=N1.Cl. The molecule has 0 saturated heterocycles. The second-order valence-corrected chi connectivity index (χ2v) is 6.09. The molecule has 1 aliphatic heterocycles. The van der Waals surface area contributed by atoms with Crippen molar-refractivity contribution < 1.29 is 4.92 Å². The third kappa shape index (κ3) is 3.88. The van der Waals surface area contributed by atoms with Crippen molar-refractivity contribution in [2.24, 2.45) is 15.9 Å². The van der Waals surface area contributed by atoms with Crippen LogP contribution in [-0.4, -0.2) is 34.7 Å². The molecule has 1 aromatic heterocycles. The lowest BCUT2D eigenvalue weighted by Crippen LogP contribution is -2.40. The van der Waals surface area contributed by atoms with Gasteiger partial charge in [-0.05, 0) is 30.7 Å². The highest BCUT2D eigenvalue weighted by atomic mass is 35.5. The van der Waals surface area contributed by atoms with Crippen molar-refractivity contribution in [3.8, 4) is 0 Å². The van der Waals surface area contributed by atoms with Crippen LogP contribution in [0, 0.1) is 16.0 Å². The highest BCUT2D eigenvalue weighted by molar-refractivity contribution is 6.31. The first kappa shape index (κ1) is 19.1. The Kier molecular flexibility index (Phi) is 5.92. The second-order valence-electron chi connectivity index (χ2n) is 5.65. The smallest absolute Gasteiger partial charge is 0.370 e. The van der Waals surface area contributed by atoms with Crippen LogP contribution in [0.3, 0.4) is 0 Å². The van der Waals surface area contributed by atoms with Gasteiger partial charge in [-0.2, -0.15) is 9.98 Å². The summed E-state index contributed by atoms with van der Waals surface area (Å²) in [6.45, 7) is 2.30. The van der Waals surface area contributed by atoms with E-state index < -0.39 is 10.7 Å². The fourth-order valence-corrected chi connectivity index (χ4v) is 2.81. The van der Waals surface area contributed by atoms with E-state index in [1.807, 2.05) is 24.3 Å². The first-order chi connectivity index (χ1) is 11.5. The van der Waals surface area contributed by atoms with Crippen molar-refractivity contribution in [3.05, 3.63) is 45.5 Å². The van der Waals surface area contributed by atoms with E-state index in [-0.39, 0.29) is 18.3 Å². The zero-order chi connectivity index (χ0) is 17.2. The Morgan fingerprint density at radius 2 is 1.96 bits per heavy atom. The maximum atomic E-state index is 11.3. The van der Waals surface area contributed by atoms with Crippen molar-refractivity contribution in [1.29, 1.82) is 0 Å². The quantitative estimate of drug-likeness (QED) is 0.607. The van der Waals surface area contributed by atoms with E-state index in [0.717, 1.165) is 10.9 Å². The molecule has 2 heterocycles. The normalized spacial score (nSPS) is 15.8. The number of nitrogens with zero attached hydrogens (tertiary/aromatic N) is 4. The Bertz CT molecular complexity index is 828. The number of nitro groups is 1. The van der Waals surface area contributed by atoms with E-state index in [4.69, 9.17) is 11.6 Å². The van der Waals surface area contributed by atoms with Crippen molar-refractivity contribution in [3.63, 3.8) is 0 Å². The zero-order valence-corrected chi connectivity index (χ0v) is 15.0. The maximum Gasteiger partial charge on any atom is 0.414 e. The summed E-state index contributed by atoms with van der Waals surface area (Å²) in [5, 5.41) is 16.1. The number of aromatic nitrogens is 1. The molecule has 3 rings (SSSR count). The molecule has 25 heavy (non-hydrogen) atoms. The average Bonchev–Trinajstić information content (AvgIpc) is 3.05. The van der Waals surface area contributed by atoms with E-state index in [0.29, 0.717) is 23.8 Å². The number of nitrogens with one attached hydrogen (secondary N) is 1. The summed E-state index contributed by atoms with van der Waals surface area (Å²) in [7, 11) is 0. The molecule has 9 heteroatoms. The minimum absolute atomic E-state index is 0. The Morgan fingerprint density at radius 3 is 2.64 bits per heavy atom. The van der Waals surface area contributed by atoms with Crippen LogP contribution in [0.5, 0.6) is 0 Å². The van der Waals surface area contributed by atoms with E-state index in [9.17, 15) is 10.1 Å². The molecule has 0 amide bonds. The van der Waals surface area contributed by atoms with Crippen molar-refractivity contribution in [2.45, 2.75) is 19.1 Å². The maximum absolute atomic E-state index is 11.3. The van der Waals surface area contributed by atoms with Gasteiger partial charge < -0.3 is 5.32 Å². The van der Waals surface area contributed by atoms with Crippen LogP contribution in [0.2, 0.25) is 5.02 Å². The van der Waals surface area contributed by atoms with Crippen molar-refractivity contribution in [2.75, 3.05) is 11.9 Å². The van der Waals surface area contributed by atoms with Crippen LogP contribution >= 0.6 is 24.0 Å². The molecule has 132 valence electrons. The fraction of sp³-hybridized carbons (Fsp3) is 0.312. The predicted molar refractivity (Wildman–Crippen MR) is 103 cm³/mol. The molecule has 0 fully saturated rings. The number of hydrogen-bond donors (Lipinski definition) is 1. The highest BCUT2D eigenvalue weighted by Gasteiger charge is 2.48. The lowest BCUT2D eigenvalue weighted by molar-refractivity contribution is -0.575. The molecule has 1 unspecified atom stereocenters. The van der Waals surface area contributed by atoms with Gasteiger partial charge in [-0.1, -0.05) is 24.6 Å². The minimum atomic E-state index is -1.59. The van der Waals surface area contributed by atoms with E-state index >= 15 is 0 Å². The number of rotatable bonds is 6. The van der Waals surface area contributed by atoms with Gasteiger partial charge >= 0.3 is 5.79 Å². The van der Waals surface area contributed by atoms with Gasteiger partial charge in [-0.15, -0.1) is 12.4 Å². The second kappa shape index (κ2) is 7.76. The summed E-state index contributed by atoms with van der Waals surface area (Å²) in [5.41, 5.74) is 0.798. The van der Waals surface area contributed by atoms with Crippen molar-refractivity contribution in [1.82, 2.24) is 4.98 Å². The van der Waals surface area contributed by atoms with Gasteiger partial charge in [0.25, 0.3) is 0 Å². The summed E-state index contributed by atoms with van der Waals surface area (Å²) < 4.78 is 0. The zero-order valence-electron chi connectivity index (χ0n) is 13.4. The molecule has 1 aromatic carbocycles. The monoisotopic (exact) mass is 381 g/mol. The Hall–Kier alpha value is -2.25. The molecule has 1 atom stereocenters. The standard InChI is InChI=1S/C16H16ClN5O2.ClH/c1-11(16(22(23)24)19-8-9-20-16)6-7-18-15-5-3-12-2-4-13(17)10-14(12)21-15;/h2-5,8-11H,6-7H2,1H3,(H,18,21);1H. The molecule has 7 nitrogen and oxygen atoms in total. The van der Waals surface area contributed by atoms with Crippen LogP contribution in [0.15, 0.2) is 40.3 Å². The molecule has 0 saturated carbocycles. The largest absolute Gasteiger partial charge is 0.414 e. The van der Waals surface area contributed by atoms with E-state index in [2.05, 4.69) is 20.3 Å². The van der Waals surface area contributed by atoms with Crippen LogP contribution in [0.25, 0.3) is 10.9 Å². The third-order valence-electron chi connectivity index (χ3n) is 4.06. The van der Waals surface area contributed by atoms with E-state index in [1.54, 1.807) is 13.0 Å². The number of hydrogen-bond acceptors (Lipinski definition) is 6. The summed E-state index contributed by atoms with van der Waals surface area (Å²) in [5.74, 6) is -1.23. The van der Waals surface area contributed by atoms with Gasteiger partial charge in [0.2, 0.25) is 0 Å². The lowest BCUT2D eigenvalue weighted by atomic mass is 10.00. The fourth-order valence-electron chi connectivity index (χ4n) is 2.65. The Morgan fingerprint density at radius 1 is 1.28 bits per heavy atom. The summed E-state index contributed by atoms with van der Waals surface area (Å²) in [4.78, 5) is 23.2. The highest BCUT2D eigenvalue weighted by Crippen LogP contribution is 2.29. The summed E-state index contributed by atoms with van der Waals surface area (Å²) in [6, 6.07) is 9.35. The molecule has 0 radical (unpaired) electrons. The van der Waals surface area contributed by atoms with E-state index in [1.165, 1.54) is 12.4 Å². The van der Waals surface area contributed by atoms with Gasteiger partial charge in [0.05, 0.1) is 16.4 Å². The molecular formula is C16H17Cl2N5O2. The number of fused-ring (bicyclic) bond motifs is 1. The van der Waals surface area contributed by atoms with Gasteiger partial charge in [-0.3, -0.25) is 10.1 Å². The lowest BCUT2D eigenvalue weighted by Gasteiger charge is -2.21. The predicted octanol–water partition coefficient (Wildman–Crippen LogP) is 3.83. The van der Waals surface area contributed by atoms with Crippen molar-refractivity contribution >= 4 is 53.2 Å². The number of aliphatic imine (C=N–C) groups is 2. The molecule has 1 aliphatic rings. The molecule has 0 spiro atoms. The van der Waals surface area contributed by atoms with Gasteiger partial charge in [0.15, 0.2) is 0 Å². The first-order valence-electron chi connectivity index (χ1n) is 7.55. The number of anilines is 1. The Balaban J connectivity index is 0.00000225. The first-order valence-corrected chi connectivity index (χ1v) is 7.93. The minimum Gasteiger partial charge on any atom is -0.370 e. The summed E-state index contributed by atoms with van der Waals surface area (Å²) >= 11 is 5.98. The molecule has 2 aromatic rings. The molecular weight excluding hydrogens is 365 g/mol. The number of halogens is 2. The van der Waals surface area contributed by atoms with Crippen LogP contribution in [0.4, 0.5) is 5.82 Å². The Labute approximate surface area is 155 Å². The number of pyridine rings is 1. The van der Waals surface area contributed by atoms with Crippen LogP contribution in [0.1, 0.15) is 13.3 Å². The van der Waals surface area contributed by atoms with Crippen LogP contribution < -0.4 is 5.32 Å². The van der Waals surface area contributed by atoms with Gasteiger partial charge in [0.1, 0.15) is 5.82 Å².